The molecule has 1 aromatic carbocycles. The highest BCUT2D eigenvalue weighted by Crippen LogP contribution is 2.40. The maximum Gasteiger partial charge on any atom is 0.456 e. The first-order valence-corrected chi connectivity index (χ1v) is 5.98. The van der Waals surface area contributed by atoms with E-state index in [1.165, 1.54) is 18.2 Å². The third-order valence-corrected chi connectivity index (χ3v) is 3.06. The van der Waals surface area contributed by atoms with Gasteiger partial charge in [-0.2, -0.15) is 22.0 Å². The van der Waals surface area contributed by atoms with Crippen LogP contribution in [0.4, 0.5) is 22.0 Å². The van der Waals surface area contributed by atoms with Gasteiger partial charge >= 0.3 is 12.1 Å². The molecule has 20 heavy (non-hydrogen) atoms. The third-order valence-electron chi connectivity index (χ3n) is 2.50. The van der Waals surface area contributed by atoms with Crippen LogP contribution in [0.5, 0.6) is 0 Å². The van der Waals surface area contributed by atoms with Crippen LogP contribution >= 0.6 is 23.2 Å². The quantitative estimate of drug-likeness (QED) is 0.775. The third kappa shape index (κ3) is 3.62. The van der Waals surface area contributed by atoms with Crippen LogP contribution in [0, 0.1) is 0 Å². The van der Waals surface area contributed by atoms with Crippen molar-refractivity contribution in [3.63, 3.8) is 0 Å². The number of halogens is 7. The minimum atomic E-state index is -5.84. The Balaban J connectivity index is 3.11. The van der Waals surface area contributed by atoms with Gasteiger partial charge in [-0.1, -0.05) is 35.3 Å². The fraction of sp³-hybridized carbons (Fsp3) is 0.333. The SMILES string of the molecule is C/C(=C\c1ccc(Cl)cc1Cl)C(O)C(F)(F)C(F)(F)F. The van der Waals surface area contributed by atoms with Gasteiger partial charge in [0.05, 0.1) is 0 Å². The van der Waals surface area contributed by atoms with Crippen LogP contribution in [0.15, 0.2) is 23.8 Å². The van der Waals surface area contributed by atoms with Gasteiger partial charge in [0.1, 0.15) is 6.10 Å². The first kappa shape index (κ1) is 17.2. The zero-order valence-electron chi connectivity index (χ0n) is 9.98. The topological polar surface area (TPSA) is 20.2 Å². The van der Waals surface area contributed by atoms with Crippen molar-refractivity contribution in [1.82, 2.24) is 0 Å². The number of hydrogen-bond donors (Lipinski definition) is 1. The molecule has 1 atom stereocenters. The lowest BCUT2D eigenvalue weighted by Gasteiger charge is -2.25. The minimum Gasteiger partial charge on any atom is -0.382 e. The van der Waals surface area contributed by atoms with Gasteiger partial charge in [0.25, 0.3) is 0 Å². The van der Waals surface area contributed by atoms with E-state index < -0.39 is 23.8 Å². The largest absolute Gasteiger partial charge is 0.456 e. The zero-order chi connectivity index (χ0) is 15.7. The average molecular weight is 335 g/mol. The van der Waals surface area contributed by atoms with Gasteiger partial charge in [0, 0.05) is 10.0 Å². The summed E-state index contributed by atoms with van der Waals surface area (Å²) in [4.78, 5) is 0. The van der Waals surface area contributed by atoms with Gasteiger partial charge in [0.2, 0.25) is 0 Å². The standard InChI is InChI=1S/C12H9Cl2F5O/c1-6(10(20)11(15,16)12(17,18)19)4-7-2-3-8(13)5-9(7)14/h2-5,10,20H,1H3/b6-4+. The Labute approximate surface area is 121 Å². The summed E-state index contributed by atoms with van der Waals surface area (Å²) in [6.07, 6.45) is -7.89. The molecule has 0 aliphatic carbocycles. The van der Waals surface area contributed by atoms with E-state index in [9.17, 15) is 27.1 Å². The molecular formula is C12H9Cl2F5O. The number of aliphatic hydroxyl groups excluding tert-OH is 1. The van der Waals surface area contributed by atoms with Crippen LogP contribution in [0.3, 0.4) is 0 Å². The lowest BCUT2D eigenvalue weighted by Crippen LogP contribution is -2.47. The molecule has 1 N–H and O–H groups in total. The lowest BCUT2D eigenvalue weighted by atomic mass is 10.0. The van der Waals surface area contributed by atoms with Crippen LogP contribution in [-0.4, -0.2) is 23.3 Å². The monoisotopic (exact) mass is 334 g/mol. The molecule has 0 bridgehead atoms. The predicted molar refractivity (Wildman–Crippen MR) is 67.1 cm³/mol. The van der Waals surface area contributed by atoms with E-state index in [1.54, 1.807) is 0 Å². The van der Waals surface area contributed by atoms with Crippen molar-refractivity contribution in [3.05, 3.63) is 39.4 Å². The Hall–Kier alpha value is -0.850. The first-order chi connectivity index (χ1) is 8.96. The molecule has 0 amide bonds. The summed E-state index contributed by atoms with van der Waals surface area (Å²) in [6.45, 7) is 0.954. The molecule has 0 aliphatic heterocycles. The number of rotatable bonds is 3. The van der Waals surface area contributed by atoms with Gasteiger partial charge in [-0.05, 0) is 30.2 Å². The summed E-state index contributed by atoms with van der Waals surface area (Å²) < 4.78 is 62.3. The molecule has 0 spiro atoms. The van der Waals surface area contributed by atoms with E-state index in [2.05, 4.69) is 0 Å². The van der Waals surface area contributed by atoms with Gasteiger partial charge in [-0.25, -0.2) is 0 Å². The molecule has 112 valence electrons. The second-order valence-electron chi connectivity index (χ2n) is 4.08. The second-order valence-corrected chi connectivity index (χ2v) is 4.92. The zero-order valence-corrected chi connectivity index (χ0v) is 11.5. The second kappa shape index (κ2) is 5.87. The highest BCUT2D eigenvalue weighted by atomic mass is 35.5. The normalized spacial score (nSPS) is 15.3. The Morgan fingerprint density at radius 3 is 2.20 bits per heavy atom. The Morgan fingerprint density at radius 1 is 1.20 bits per heavy atom. The maximum absolute atomic E-state index is 13.0. The number of alkyl halides is 5. The van der Waals surface area contributed by atoms with Gasteiger partial charge in [-0.3, -0.25) is 0 Å². The van der Waals surface area contributed by atoms with Crippen molar-refractivity contribution in [2.24, 2.45) is 0 Å². The summed E-state index contributed by atoms with van der Waals surface area (Å²) in [5.74, 6) is -5.24. The Morgan fingerprint density at radius 2 is 1.75 bits per heavy atom. The number of aliphatic hydroxyl groups is 1. The summed E-state index contributed by atoms with van der Waals surface area (Å²) >= 11 is 11.4. The van der Waals surface area contributed by atoms with Crippen molar-refractivity contribution in [3.8, 4) is 0 Å². The van der Waals surface area contributed by atoms with E-state index in [0.29, 0.717) is 0 Å². The molecule has 0 saturated heterocycles. The predicted octanol–water partition coefficient (Wildman–Crippen LogP) is 4.96. The molecule has 0 heterocycles. The number of hydrogen-bond acceptors (Lipinski definition) is 1. The molecule has 1 aromatic rings. The molecule has 0 saturated carbocycles. The van der Waals surface area contributed by atoms with Crippen LogP contribution in [0.1, 0.15) is 12.5 Å². The van der Waals surface area contributed by atoms with E-state index in [1.807, 2.05) is 0 Å². The highest BCUT2D eigenvalue weighted by molar-refractivity contribution is 6.35. The van der Waals surface area contributed by atoms with Crippen molar-refractivity contribution in [2.75, 3.05) is 0 Å². The van der Waals surface area contributed by atoms with E-state index in [-0.39, 0.29) is 15.6 Å². The van der Waals surface area contributed by atoms with Gasteiger partial charge < -0.3 is 5.11 Å². The average Bonchev–Trinajstić information content (AvgIpc) is 2.30. The van der Waals surface area contributed by atoms with Crippen molar-refractivity contribution < 1.29 is 27.1 Å². The highest BCUT2D eigenvalue weighted by Gasteiger charge is 2.62. The minimum absolute atomic E-state index is 0.0689. The molecule has 0 aliphatic rings. The maximum atomic E-state index is 13.0. The fourth-order valence-corrected chi connectivity index (χ4v) is 1.85. The van der Waals surface area contributed by atoms with Gasteiger partial charge in [-0.15, -0.1) is 0 Å². The summed E-state index contributed by atoms with van der Waals surface area (Å²) in [5, 5.41) is 9.53. The van der Waals surface area contributed by atoms with Gasteiger partial charge in [0.15, 0.2) is 0 Å². The molecule has 8 heteroatoms. The number of benzene rings is 1. The molecule has 1 rings (SSSR count). The summed E-state index contributed by atoms with van der Waals surface area (Å²) in [7, 11) is 0. The van der Waals surface area contributed by atoms with Crippen molar-refractivity contribution in [1.29, 1.82) is 0 Å². The molecule has 1 unspecified atom stereocenters. The molecule has 0 radical (unpaired) electrons. The first-order valence-electron chi connectivity index (χ1n) is 5.22. The van der Waals surface area contributed by atoms with Crippen LogP contribution in [0.25, 0.3) is 6.08 Å². The Kier molecular flexibility index (Phi) is 5.05. The fourth-order valence-electron chi connectivity index (χ4n) is 1.38. The van der Waals surface area contributed by atoms with E-state index in [0.717, 1.165) is 13.0 Å². The van der Waals surface area contributed by atoms with E-state index >= 15 is 0 Å². The molecule has 0 aromatic heterocycles. The summed E-state index contributed by atoms with van der Waals surface area (Å²) in [6, 6.07) is 4.03. The van der Waals surface area contributed by atoms with Crippen molar-refractivity contribution in [2.45, 2.75) is 25.1 Å². The molecule has 1 nitrogen and oxygen atoms in total. The van der Waals surface area contributed by atoms with Crippen molar-refractivity contribution >= 4 is 29.3 Å². The van der Waals surface area contributed by atoms with Crippen LogP contribution in [0.2, 0.25) is 10.0 Å². The van der Waals surface area contributed by atoms with Crippen LogP contribution < -0.4 is 0 Å². The molecule has 0 fully saturated rings. The van der Waals surface area contributed by atoms with Crippen LogP contribution in [-0.2, 0) is 0 Å². The van der Waals surface area contributed by atoms with E-state index in [4.69, 9.17) is 23.2 Å². The molecular weight excluding hydrogens is 326 g/mol. The summed E-state index contributed by atoms with van der Waals surface area (Å²) in [5.41, 5.74) is -0.401. The lowest BCUT2D eigenvalue weighted by molar-refractivity contribution is -0.306. The Bertz CT molecular complexity index is 525. The smallest absolute Gasteiger partial charge is 0.382 e.